The molecular formula is C11H8Cl2N4O2. The monoisotopic (exact) mass is 298 g/mol. The van der Waals surface area contributed by atoms with Gasteiger partial charge in [-0.2, -0.15) is 0 Å². The summed E-state index contributed by atoms with van der Waals surface area (Å²) in [6.45, 7) is 0. The third-order valence-corrected chi connectivity index (χ3v) is 3.15. The van der Waals surface area contributed by atoms with Gasteiger partial charge in [0.2, 0.25) is 0 Å². The quantitative estimate of drug-likeness (QED) is 0.894. The smallest absolute Gasteiger partial charge is 0.269 e. The van der Waals surface area contributed by atoms with E-state index < -0.39 is 11.8 Å². The summed E-state index contributed by atoms with van der Waals surface area (Å²) in [5, 5.41) is 0.658. The lowest BCUT2D eigenvalue weighted by atomic mass is 10.2. The van der Waals surface area contributed by atoms with Crippen molar-refractivity contribution in [2.24, 2.45) is 11.5 Å². The topological polar surface area (TPSA) is 104 Å². The van der Waals surface area contributed by atoms with Gasteiger partial charge >= 0.3 is 0 Å². The summed E-state index contributed by atoms with van der Waals surface area (Å²) in [4.78, 5) is 26.4. The molecule has 0 fully saturated rings. The Morgan fingerprint density at radius 2 is 1.79 bits per heavy atom. The molecule has 1 aromatic carbocycles. The molecule has 0 saturated carbocycles. The van der Waals surface area contributed by atoms with Crippen LogP contribution in [-0.4, -0.2) is 21.4 Å². The predicted octanol–water partition coefficient (Wildman–Crippen LogP) is 1.38. The number of carbonyl (C=O) groups is 2. The largest absolute Gasteiger partial charge is 0.364 e. The van der Waals surface area contributed by atoms with Gasteiger partial charge in [0.1, 0.15) is 12.0 Å². The van der Waals surface area contributed by atoms with Crippen LogP contribution >= 0.6 is 23.2 Å². The number of nitrogens with two attached hydrogens (primary N) is 2. The Morgan fingerprint density at radius 1 is 1.11 bits per heavy atom. The van der Waals surface area contributed by atoms with E-state index in [-0.39, 0.29) is 11.4 Å². The maximum atomic E-state index is 11.4. The molecule has 0 atom stereocenters. The van der Waals surface area contributed by atoms with Crippen molar-refractivity contribution in [2.45, 2.75) is 0 Å². The number of carbonyl (C=O) groups excluding carboxylic acids is 2. The molecule has 0 aliphatic carbocycles. The van der Waals surface area contributed by atoms with Crippen molar-refractivity contribution in [3.05, 3.63) is 46.0 Å². The number of primary amides is 2. The Hall–Kier alpha value is -2.05. The predicted molar refractivity (Wildman–Crippen MR) is 70.6 cm³/mol. The Labute approximate surface area is 117 Å². The fraction of sp³-hybridized carbons (Fsp3) is 0. The number of rotatable bonds is 3. The number of benzene rings is 1. The van der Waals surface area contributed by atoms with Crippen LogP contribution in [0.3, 0.4) is 0 Å². The molecule has 0 unspecified atom stereocenters. The Morgan fingerprint density at radius 3 is 2.32 bits per heavy atom. The van der Waals surface area contributed by atoms with Gasteiger partial charge in [0.25, 0.3) is 11.8 Å². The van der Waals surface area contributed by atoms with Gasteiger partial charge in [0.05, 0.1) is 10.0 Å². The lowest BCUT2D eigenvalue weighted by Gasteiger charge is -2.07. The molecule has 4 N–H and O–H groups in total. The van der Waals surface area contributed by atoms with Crippen LogP contribution < -0.4 is 11.5 Å². The lowest BCUT2D eigenvalue weighted by Crippen LogP contribution is -2.22. The normalized spacial score (nSPS) is 10.4. The molecule has 0 spiro atoms. The number of hydrogen-bond acceptors (Lipinski definition) is 3. The SMILES string of the molecule is NC(=O)c1ncn(-c2ccc(Cl)c(Cl)c2)c1C(N)=O. The van der Waals surface area contributed by atoms with Crippen LogP contribution in [0.25, 0.3) is 5.69 Å². The first kappa shape index (κ1) is 13.4. The Kier molecular flexibility index (Phi) is 3.46. The summed E-state index contributed by atoms with van der Waals surface area (Å²) in [6, 6.07) is 4.67. The van der Waals surface area contributed by atoms with E-state index in [0.717, 1.165) is 0 Å². The zero-order chi connectivity index (χ0) is 14.2. The molecule has 0 saturated heterocycles. The van der Waals surface area contributed by atoms with Gasteiger partial charge in [-0.3, -0.25) is 14.2 Å². The molecular weight excluding hydrogens is 291 g/mol. The maximum absolute atomic E-state index is 11.4. The number of nitrogens with zero attached hydrogens (tertiary/aromatic N) is 2. The molecule has 0 radical (unpaired) electrons. The van der Waals surface area contributed by atoms with Crippen molar-refractivity contribution >= 4 is 35.0 Å². The standard InChI is InChI=1S/C11H8Cl2N4O2/c12-6-2-1-5(3-7(6)13)17-4-16-8(10(14)18)9(17)11(15)19/h1-4H,(H2,14,18)(H2,15,19). The van der Waals surface area contributed by atoms with Gasteiger partial charge in [0.15, 0.2) is 5.69 Å². The van der Waals surface area contributed by atoms with Gasteiger partial charge in [-0.1, -0.05) is 23.2 Å². The highest BCUT2D eigenvalue weighted by molar-refractivity contribution is 6.42. The van der Waals surface area contributed by atoms with Crippen molar-refractivity contribution in [1.29, 1.82) is 0 Å². The van der Waals surface area contributed by atoms with E-state index in [1.807, 2.05) is 0 Å². The van der Waals surface area contributed by atoms with Crippen LogP contribution in [-0.2, 0) is 0 Å². The highest BCUT2D eigenvalue weighted by atomic mass is 35.5. The first-order valence-corrected chi connectivity index (χ1v) is 5.79. The summed E-state index contributed by atoms with van der Waals surface area (Å²) < 4.78 is 1.32. The van der Waals surface area contributed by atoms with Crippen molar-refractivity contribution in [3.8, 4) is 5.69 Å². The minimum Gasteiger partial charge on any atom is -0.364 e. The molecule has 0 aliphatic rings. The van der Waals surface area contributed by atoms with E-state index in [1.165, 1.54) is 17.0 Å². The highest BCUT2D eigenvalue weighted by Crippen LogP contribution is 2.25. The number of halogens is 2. The van der Waals surface area contributed by atoms with Crippen molar-refractivity contribution in [2.75, 3.05) is 0 Å². The third-order valence-electron chi connectivity index (χ3n) is 2.42. The average Bonchev–Trinajstić information content (AvgIpc) is 2.77. The van der Waals surface area contributed by atoms with E-state index in [1.54, 1.807) is 12.1 Å². The van der Waals surface area contributed by atoms with Crippen LogP contribution in [0.4, 0.5) is 0 Å². The number of amides is 2. The lowest BCUT2D eigenvalue weighted by molar-refractivity contribution is 0.0960. The molecule has 0 bridgehead atoms. The van der Waals surface area contributed by atoms with E-state index in [2.05, 4.69) is 4.98 Å². The average molecular weight is 299 g/mol. The molecule has 6 nitrogen and oxygen atoms in total. The van der Waals surface area contributed by atoms with Crippen LogP contribution in [0.1, 0.15) is 21.0 Å². The summed E-state index contributed by atoms with van der Waals surface area (Å²) in [5.74, 6) is -1.66. The van der Waals surface area contributed by atoms with Gasteiger partial charge < -0.3 is 11.5 Å². The van der Waals surface area contributed by atoms with Crippen molar-refractivity contribution in [3.63, 3.8) is 0 Å². The molecule has 1 heterocycles. The summed E-state index contributed by atoms with van der Waals surface area (Å²) in [7, 11) is 0. The van der Waals surface area contributed by atoms with Gasteiger partial charge in [-0.25, -0.2) is 4.98 Å². The van der Waals surface area contributed by atoms with Gasteiger partial charge in [-0.15, -0.1) is 0 Å². The van der Waals surface area contributed by atoms with Gasteiger partial charge in [0, 0.05) is 5.69 Å². The number of aromatic nitrogens is 2. The fourth-order valence-corrected chi connectivity index (χ4v) is 1.89. The first-order chi connectivity index (χ1) is 8.91. The summed E-state index contributed by atoms with van der Waals surface area (Å²) in [6.07, 6.45) is 1.26. The molecule has 19 heavy (non-hydrogen) atoms. The first-order valence-electron chi connectivity index (χ1n) is 5.04. The van der Waals surface area contributed by atoms with Crippen LogP contribution in [0.2, 0.25) is 10.0 Å². The molecule has 98 valence electrons. The zero-order valence-electron chi connectivity index (χ0n) is 9.43. The van der Waals surface area contributed by atoms with Crippen LogP contribution in [0.15, 0.2) is 24.5 Å². The highest BCUT2D eigenvalue weighted by Gasteiger charge is 2.21. The summed E-state index contributed by atoms with van der Waals surface area (Å²) in [5.41, 5.74) is 10.6. The zero-order valence-corrected chi connectivity index (χ0v) is 10.9. The molecule has 8 heteroatoms. The van der Waals surface area contributed by atoms with E-state index in [0.29, 0.717) is 15.7 Å². The minimum atomic E-state index is -0.840. The summed E-state index contributed by atoms with van der Waals surface area (Å²) >= 11 is 11.7. The Bertz CT molecular complexity index is 681. The van der Waals surface area contributed by atoms with E-state index >= 15 is 0 Å². The van der Waals surface area contributed by atoms with Crippen molar-refractivity contribution < 1.29 is 9.59 Å². The van der Waals surface area contributed by atoms with Crippen LogP contribution in [0.5, 0.6) is 0 Å². The number of imidazole rings is 1. The van der Waals surface area contributed by atoms with Gasteiger partial charge in [-0.05, 0) is 18.2 Å². The molecule has 2 rings (SSSR count). The molecule has 2 amide bonds. The maximum Gasteiger partial charge on any atom is 0.269 e. The third kappa shape index (κ3) is 2.40. The molecule has 2 aromatic rings. The molecule has 1 aromatic heterocycles. The molecule has 0 aliphatic heterocycles. The Balaban J connectivity index is 2.65. The van der Waals surface area contributed by atoms with Crippen molar-refractivity contribution in [1.82, 2.24) is 9.55 Å². The van der Waals surface area contributed by atoms with E-state index in [9.17, 15) is 9.59 Å². The van der Waals surface area contributed by atoms with Crippen LogP contribution in [0, 0.1) is 0 Å². The second kappa shape index (κ2) is 4.91. The van der Waals surface area contributed by atoms with E-state index in [4.69, 9.17) is 34.7 Å². The second-order valence-corrected chi connectivity index (χ2v) is 4.45. The number of hydrogen-bond donors (Lipinski definition) is 2. The second-order valence-electron chi connectivity index (χ2n) is 3.64. The minimum absolute atomic E-state index is 0.106. The fourth-order valence-electron chi connectivity index (χ4n) is 1.59.